The van der Waals surface area contributed by atoms with Gasteiger partial charge in [0.2, 0.25) is 0 Å². The highest BCUT2D eigenvalue weighted by molar-refractivity contribution is 8.00. The monoisotopic (exact) mass is 140 g/mol. The van der Waals surface area contributed by atoms with Crippen molar-refractivity contribution in [2.45, 2.75) is 23.1 Å². The number of thioether (sulfide) groups is 1. The lowest BCUT2D eigenvalue weighted by Gasteiger charge is -1.88. The normalized spacial score (nSPS) is 18.2. The first kappa shape index (κ1) is 5.35. The third kappa shape index (κ3) is 1.27. The van der Waals surface area contributed by atoms with Crippen molar-refractivity contribution in [1.29, 1.82) is 0 Å². The minimum Gasteiger partial charge on any atom is -0.272 e. The summed E-state index contributed by atoms with van der Waals surface area (Å²) < 4.78 is 0. The van der Waals surface area contributed by atoms with E-state index in [4.69, 9.17) is 0 Å². The second-order valence-electron chi connectivity index (χ2n) is 2.24. The number of aromatic amines is 1. The predicted octanol–water partition coefficient (Wildman–Crippen LogP) is 1.66. The highest BCUT2D eigenvalue weighted by atomic mass is 32.2. The van der Waals surface area contributed by atoms with E-state index in [-0.39, 0.29) is 0 Å². The van der Waals surface area contributed by atoms with Gasteiger partial charge in [0.15, 0.2) is 0 Å². The molecule has 1 saturated carbocycles. The predicted molar refractivity (Wildman–Crippen MR) is 37.5 cm³/mol. The van der Waals surface area contributed by atoms with Gasteiger partial charge < -0.3 is 0 Å². The van der Waals surface area contributed by atoms with Crippen molar-refractivity contribution in [3.8, 4) is 0 Å². The lowest BCUT2D eigenvalue weighted by Crippen LogP contribution is -1.73. The summed E-state index contributed by atoms with van der Waals surface area (Å²) in [6, 6.07) is 2.02. The van der Waals surface area contributed by atoms with Gasteiger partial charge in [-0.05, 0) is 18.9 Å². The topological polar surface area (TPSA) is 28.7 Å². The fourth-order valence-electron chi connectivity index (χ4n) is 0.674. The molecule has 0 saturated heterocycles. The zero-order valence-corrected chi connectivity index (χ0v) is 5.82. The Hall–Kier alpha value is -0.440. The fourth-order valence-corrected chi connectivity index (χ4v) is 1.65. The smallest absolute Gasteiger partial charge is 0.0910 e. The summed E-state index contributed by atoms with van der Waals surface area (Å²) in [4.78, 5) is 0. The number of hydrogen-bond acceptors (Lipinski definition) is 2. The van der Waals surface area contributed by atoms with Gasteiger partial charge in [-0.3, -0.25) is 5.10 Å². The van der Waals surface area contributed by atoms with Crippen molar-refractivity contribution in [1.82, 2.24) is 10.2 Å². The molecule has 0 bridgehead atoms. The maximum atomic E-state index is 3.86. The second kappa shape index (κ2) is 2.06. The number of nitrogens with zero attached hydrogens (tertiary/aromatic N) is 1. The summed E-state index contributed by atoms with van der Waals surface area (Å²) in [6.45, 7) is 0. The van der Waals surface area contributed by atoms with E-state index in [1.165, 1.54) is 17.9 Å². The average molecular weight is 140 g/mol. The molecule has 1 heterocycles. The van der Waals surface area contributed by atoms with Gasteiger partial charge in [0.1, 0.15) is 0 Å². The number of hydrogen-bond donors (Lipinski definition) is 1. The average Bonchev–Trinajstić information content (AvgIpc) is 2.46. The number of rotatable bonds is 2. The highest BCUT2D eigenvalue weighted by Crippen LogP contribution is 2.37. The molecule has 0 aliphatic heterocycles. The van der Waals surface area contributed by atoms with Crippen molar-refractivity contribution in [2.75, 3.05) is 0 Å². The first-order chi connectivity index (χ1) is 4.45. The van der Waals surface area contributed by atoms with Crippen LogP contribution in [-0.4, -0.2) is 15.4 Å². The zero-order valence-electron chi connectivity index (χ0n) is 5.00. The standard InChI is InChI=1S/C6H8N2S/c1-2-5(1)9-6-3-4-7-8-6/h3-5H,1-2H2,(H,7,8). The Morgan fingerprint density at radius 3 is 3.11 bits per heavy atom. The molecule has 48 valence electrons. The van der Waals surface area contributed by atoms with E-state index in [2.05, 4.69) is 10.2 Å². The number of H-pyrrole nitrogens is 1. The van der Waals surface area contributed by atoms with Crippen LogP contribution in [-0.2, 0) is 0 Å². The lowest BCUT2D eigenvalue weighted by atomic mass is 10.8. The Morgan fingerprint density at radius 1 is 1.67 bits per heavy atom. The van der Waals surface area contributed by atoms with Gasteiger partial charge in [0.05, 0.1) is 5.03 Å². The van der Waals surface area contributed by atoms with Crippen LogP contribution in [0.25, 0.3) is 0 Å². The Kier molecular flexibility index (Phi) is 1.23. The van der Waals surface area contributed by atoms with Crippen molar-refractivity contribution < 1.29 is 0 Å². The molecule has 9 heavy (non-hydrogen) atoms. The van der Waals surface area contributed by atoms with Crippen LogP contribution in [0.3, 0.4) is 0 Å². The summed E-state index contributed by atoms with van der Waals surface area (Å²) in [6.07, 6.45) is 4.55. The molecule has 2 rings (SSSR count). The van der Waals surface area contributed by atoms with Gasteiger partial charge in [0, 0.05) is 11.4 Å². The van der Waals surface area contributed by atoms with Crippen molar-refractivity contribution in [3.63, 3.8) is 0 Å². The van der Waals surface area contributed by atoms with Crippen LogP contribution in [0.4, 0.5) is 0 Å². The molecule has 0 spiro atoms. The quantitative estimate of drug-likeness (QED) is 0.676. The maximum absolute atomic E-state index is 3.86. The van der Waals surface area contributed by atoms with Gasteiger partial charge >= 0.3 is 0 Å². The Labute approximate surface area is 58.0 Å². The molecule has 2 nitrogen and oxygen atoms in total. The van der Waals surface area contributed by atoms with E-state index < -0.39 is 0 Å². The van der Waals surface area contributed by atoms with Crippen molar-refractivity contribution in [2.24, 2.45) is 0 Å². The molecule has 0 radical (unpaired) electrons. The summed E-state index contributed by atoms with van der Waals surface area (Å²) in [5, 5.41) is 8.86. The van der Waals surface area contributed by atoms with Crippen LogP contribution in [0.5, 0.6) is 0 Å². The number of nitrogens with one attached hydrogen (secondary N) is 1. The summed E-state index contributed by atoms with van der Waals surface area (Å²) in [5.74, 6) is 0. The Bertz CT molecular complexity index is 179. The van der Waals surface area contributed by atoms with Crippen LogP contribution in [0.1, 0.15) is 12.8 Å². The molecular formula is C6H8N2S. The molecule has 1 fully saturated rings. The Balaban J connectivity index is 1.99. The van der Waals surface area contributed by atoms with Gasteiger partial charge in [-0.1, -0.05) is 0 Å². The van der Waals surface area contributed by atoms with Gasteiger partial charge in [-0.25, -0.2) is 0 Å². The molecule has 1 aliphatic rings. The molecule has 0 atom stereocenters. The molecule has 3 heteroatoms. The minimum atomic E-state index is 0.880. The summed E-state index contributed by atoms with van der Waals surface area (Å²) in [7, 11) is 0. The molecule has 1 aromatic heterocycles. The van der Waals surface area contributed by atoms with E-state index >= 15 is 0 Å². The fraction of sp³-hybridized carbons (Fsp3) is 0.500. The highest BCUT2D eigenvalue weighted by Gasteiger charge is 2.22. The molecule has 1 aromatic rings. The minimum absolute atomic E-state index is 0.880. The van der Waals surface area contributed by atoms with Crippen LogP contribution in [0.15, 0.2) is 17.3 Å². The van der Waals surface area contributed by atoms with Crippen LogP contribution in [0.2, 0.25) is 0 Å². The van der Waals surface area contributed by atoms with Gasteiger partial charge in [-0.2, -0.15) is 5.10 Å². The van der Waals surface area contributed by atoms with Crippen LogP contribution < -0.4 is 0 Å². The summed E-state index contributed by atoms with van der Waals surface area (Å²) in [5.41, 5.74) is 0. The molecular weight excluding hydrogens is 132 g/mol. The number of aromatic nitrogens is 2. The second-order valence-corrected chi connectivity index (χ2v) is 3.58. The Morgan fingerprint density at radius 2 is 2.56 bits per heavy atom. The largest absolute Gasteiger partial charge is 0.272 e. The molecule has 0 unspecified atom stereocenters. The van der Waals surface area contributed by atoms with E-state index in [1.54, 1.807) is 6.20 Å². The van der Waals surface area contributed by atoms with Crippen molar-refractivity contribution in [3.05, 3.63) is 12.3 Å². The van der Waals surface area contributed by atoms with E-state index in [0.29, 0.717) is 0 Å². The van der Waals surface area contributed by atoms with Gasteiger partial charge in [-0.15, -0.1) is 11.8 Å². The SMILES string of the molecule is c1cc(SC2CC2)[nH]n1. The maximum Gasteiger partial charge on any atom is 0.0910 e. The van der Waals surface area contributed by atoms with Crippen LogP contribution >= 0.6 is 11.8 Å². The molecule has 1 N–H and O–H groups in total. The van der Waals surface area contributed by atoms with E-state index in [9.17, 15) is 0 Å². The third-order valence-corrected chi connectivity index (χ3v) is 2.58. The lowest BCUT2D eigenvalue weighted by molar-refractivity contribution is 1.00. The first-order valence-corrected chi connectivity index (χ1v) is 3.99. The van der Waals surface area contributed by atoms with Crippen molar-refractivity contribution >= 4 is 11.8 Å². The van der Waals surface area contributed by atoms with E-state index in [1.807, 2.05) is 17.8 Å². The van der Waals surface area contributed by atoms with Gasteiger partial charge in [0.25, 0.3) is 0 Å². The summed E-state index contributed by atoms with van der Waals surface area (Å²) >= 11 is 1.90. The molecule has 0 amide bonds. The van der Waals surface area contributed by atoms with E-state index in [0.717, 1.165) is 5.25 Å². The third-order valence-electron chi connectivity index (χ3n) is 1.29. The first-order valence-electron chi connectivity index (χ1n) is 3.11. The molecule has 0 aromatic carbocycles. The zero-order chi connectivity index (χ0) is 6.10. The van der Waals surface area contributed by atoms with Crippen LogP contribution in [0, 0.1) is 0 Å². The molecule has 1 aliphatic carbocycles.